The van der Waals surface area contributed by atoms with E-state index in [1.807, 2.05) is 0 Å². The second kappa shape index (κ2) is 5.46. The van der Waals surface area contributed by atoms with Crippen LogP contribution >= 0.6 is 27.5 Å². The number of nitrogens with one attached hydrogen (secondary N) is 1. The highest BCUT2D eigenvalue weighted by Gasteiger charge is 2.11. The Balaban J connectivity index is 2.21. The lowest BCUT2D eigenvalue weighted by Gasteiger charge is -2.06. The average Bonchev–Trinajstić information content (AvgIpc) is 2.35. The van der Waals surface area contributed by atoms with Crippen LogP contribution in [0.25, 0.3) is 0 Å². The Morgan fingerprint density at radius 3 is 2.78 bits per heavy atom. The molecule has 1 heterocycles. The van der Waals surface area contributed by atoms with Crippen LogP contribution in [0.1, 0.15) is 10.4 Å². The number of pyridine rings is 1. The molecule has 0 saturated heterocycles. The van der Waals surface area contributed by atoms with E-state index in [9.17, 15) is 9.18 Å². The van der Waals surface area contributed by atoms with E-state index >= 15 is 0 Å². The van der Waals surface area contributed by atoms with Gasteiger partial charge >= 0.3 is 0 Å². The topological polar surface area (TPSA) is 42.0 Å². The molecule has 2 rings (SSSR count). The summed E-state index contributed by atoms with van der Waals surface area (Å²) in [6.45, 7) is 0. The molecule has 1 aromatic heterocycles. The normalized spacial score (nSPS) is 10.2. The first-order valence-corrected chi connectivity index (χ1v) is 6.11. The molecule has 0 unspecified atom stereocenters. The summed E-state index contributed by atoms with van der Waals surface area (Å²) in [7, 11) is 0. The van der Waals surface area contributed by atoms with Crippen LogP contribution in [-0.2, 0) is 0 Å². The van der Waals surface area contributed by atoms with E-state index in [0.717, 1.165) is 6.07 Å². The van der Waals surface area contributed by atoms with Crippen molar-refractivity contribution in [2.45, 2.75) is 0 Å². The van der Waals surface area contributed by atoms with E-state index in [1.165, 1.54) is 18.3 Å². The van der Waals surface area contributed by atoms with E-state index in [-0.39, 0.29) is 5.56 Å². The van der Waals surface area contributed by atoms with Gasteiger partial charge in [0.25, 0.3) is 5.91 Å². The highest BCUT2D eigenvalue weighted by atomic mass is 79.9. The Labute approximate surface area is 116 Å². The summed E-state index contributed by atoms with van der Waals surface area (Å²) in [5.74, 6) is -0.579. The largest absolute Gasteiger partial charge is 0.307 e. The van der Waals surface area contributed by atoms with E-state index in [4.69, 9.17) is 11.6 Å². The van der Waals surface area contributed by atoms with Gasteiger partial charge in [-0.2, -0.15) is 0 Å². The summed E-state index contributed by atoms with van der Waals surface area (Å²) < 4.78 is 13.6. The van der Waals surface area contributed by atoms with Crippen molar-refractivity contribution < 1.29 is 9.18 Å². The Morgan fingerprint density at radius 2 is 2.11 bits per heavy atom. The fourth-order valence-electron chi connectivity index (χ4n) is 1.30. The van der Waals surface area contributed by atoms with Gasteiger partial charge in [-0.1, -0.05) is 11.6 Å². The molecule has 1 amide bonds. The second-order valence-corrected chi connectivity index (χ2v) is 4.73. The lowest BCUT2D eigenvalue weighted by Crippen LogP contribution is -2.13. The summed E-state index contributed by atoms with van der Waals surface area (Å²) in [6, 6.07) is 7.05. The Morgan fingerprint density at radius 1 is 1.33 bits per heavy atom. The van der Waals surface area contributed by atoms with Crippen LogP contribution in [0.3, 0.4) is 0 Å². The lowest BCUT2D eigenvalue weighted by molar-refractivity contribution is 0.102. The molecule has 1 aromatic carbocycles. The molecule has 3 nitrogen and oxygen atoms in total. The summed E-state index contributed by atoms with van der Waals surface area (Å²) in [5.41, 5.74) is 0.201. The number of aromatic nitrogens is 1. The predicted octanol–water partition coefficient (Wildman–Crippen LogP) is 3.89. The molecule has 6 heteroatoms. The molecular weight excluding hydrogens is 322 g/mol. The number of nitrogens with zero attached hydrogens (tertiary/aromatic N) is 1. The third-order valence-corrected chi connectivity index (χ3v) is 3.06. The van der Waals surface area contributed by atoms with Crippen molar-refractivity contribution in [2.24, 2.45) is 0 Å². The third kappa shape index (κ3) is 3.05. The first-order chi connectivity index (χ1) is 8.56. The minimum atomic E-state index is -0.479. The van der Waals surface area contributed by atoms with Gasteiger partial charge in [-0.25, -0.2) is 9.37 Å². The molecule has 0 spiro atoms. The van der Waals surface area contributed by atoms with Crippen molar-refractivity contribution in [2.75, 3.05) is 5.32 Å². The number of amides is 1. The minimum absolute atomic E-state index is 0.201. The number of benzene rings is 1. The maximum atomic E-state index is 13.1. The number of anilines is 1. The molecule has 0 aliphatic rings. The van der Waals surface area contributed by atoms with E-state index < -0.39 is 11.7 Å². The first kappa shape index (κ1) is 13.0. The van der Waals surface area contributed by atoms with Crippen molar-refractivity contribution in [1.29, 1.82) is 0 Å². The summed E-state index contributed by atoms with van der Waals surface area (Å²) in [6.07, 6.45) is 1.41. The lowest BCUT2D eigenvalue weighted by atomic mass is 10.2. The SMILES string of the molecule is O=C(Nc1ccc(Cl)cn1)c1cc(F)ccc1Br. The minimum Gasteiger partial charge on any atom is -0.307 e. The molecular formula is C12H7BrClFN2O. The Bertz CT molecular complexity index is 589. The van der Waals surface area contributed by atoms with Crippen molar-refractivity contribution in [3.8, 4) is 0 Å². The molecule has 0 saturated carbocycles. The molecule has 0 bridgehead atoms. The monoisotopic (exact) mass is 328 g/mol. The zero-order chi connectivity index (χ0) is 13.1. The van der Waals surface area contributed by atoms with Crippen LogP contribution in [0, 0.1) is 5.82 Å². The molecule has 0 aliphatic heterocycles. The van der Waals surface area contributed by atoms with Gasteiger partial charge in [0, 0.05) is 10.7 Å². The molecule has 0 aliphatic carbocycles. The third-order valence-electron chi connectivity index (χ3n) is 2.14. The summed E-state index contributed by atoms with van der Waals surface area (Å²) >= 11 is 8.87. The fraction of sp³-hybridized carbons (Fsp3) is 0. The smallest absolute Gasteiger partial charge is 0.258 e. The molecule has 0 atom stereocenters. The Hall–Kier alpha value is -1.46. The fourth-order valence-corrected chi connectivity index (χ4v) is 1.84. The van der Waals surface area contributed by atoms with E-state index in [2.05, 4.69) is 26.2 Å². The van der Waals surface area contributed by atoms with Crippen LogP contribution in [0.15, 0.2) is 41.0 Å². The zero-order valence-corrected chi connectivity index (χ0v) is 11.3. The van der Waals surface area contributed by atoms with Crippen LogP contribution in [0.4, 0.5) is 10.2 Å². The van der Waals surface area contributed by atoms with Gasteiger partial charge in [-0.15, -0.1) is 0 Å². The maximum absolute atomic E-state index is 13.1. The number of hydrogen-bond acceptors (Lipinski definition) is 2. The van der Waals surface area contributed by atoms with E-state index in [0.29, 0.717) is 15.3 Å². The molecule has 92 valence electrons. The second-order valence-electron chi connectivity index (χ2n) is 3.44. The van der Waals surface area contributed by atoms with Crippen LogP contribution in [0.5, 0.6) is 0 Å². The van der Waals surface area contributed by atoms with Crippen LogP contribution in [-0.4, -0.2) is 10.9 Å². The molecule has 18 heavy (non-hydrogen) atoms. The number of carbonyl (C=O) groups excluding carboxylic acids is 1. The van der Waals surface area contributed by atoms with Gasteiger partial charge in [0.05, 0.1) is 10.6 Å². The zero-order valence-electron chi connectivity index (χ0n) is 8.95. The van der Waals surface area contributed by atoms with E-state index in [1.54, 1.807) is 12.1 Å². The first-order valence-electron chi connectivity index (χ1n) is 4.94. The van der Waals surface area contributed by atoms with Crippen LogP contribution in [0.2, 0.25) is 5.02 Å². The van der Waals surface area contributed by atoms with Crippen molar-refractivity contribution in [1.82, 2.24) is 4.98 Å². The number of rotatable bonds is 2. The average molecular weight is 330 g/mol. The number of carbonyl (C=O) groups is 1. The highest BCUT2D eigenvalue weighted by molar-refractivity contribution is 9.10. The van der Waals surface area contributed by atoms with Crippen molar-refractivity contribution in [3.05, 3.63) is 57.4 Å². The van der Waals surface area contributed by atoms with Crippen LogP contribution < -0.4 is 5.32 Å². The summed E-state index contributed by atoms with van der Waals surface area (Å²) in [4.78, 5) is 15.8. The van der Waals surface area contributed by atoms with Gasteiger partial charge in [-0.05, 0) is 46.3 Å². The highest BCUT2D eigenvalue weighted by Crippen LogP contribution is 2.19. The summed E-state index contributed by atoms with van der Waals surface area (Å²) in [5, 5.41) is 3.02. The van der Waals surface area contributed by atoms with Crippen molar-refractivity contribution >= 4 is 39.3 Å². The predicted molar refractivity (Wildman–Crippen MR) is 71.3 cm³/mol. The van der Waals surface area contributed by atoms with Gasteiger partial charge < -0.3 is 5.32 Å². The van der Waals surface area contributed by atoms with Gasteiger partial charge in [0.1, 0.15) is 11.6 Å². The number of halogens is 3. The molecule has 0 radical (unpaired) electrons. The number of hydrogen-bond donors (Lipinski definition) is 1. The Kier molecular flexibility index (Phi) is 3.93. The molecule has 2 aromatic rings. The van der Waals surface area contributed by atoms with Gasteiger partial charge in [0.15, 0.2) is 0 Å². The molecule has 0 fully saturated rings. The van der Waals surface area contributed by atoms with Gasteiger partial charge in [-0.3, -0.25) is 4.79 Å². The maximum Gasteiger partial charge on any atom is 0.258 e. The standard InChI is InChI=1S/C12H7BrClFN2O/c13-10-3-2-8(15)5-9(10)12(18)17-11-4-1-7(14)6-16-11/h1-6H,(H,16,17,18). The quantitative estimate of drug-likeness (QED) is 0.908. The van der Waals surface area contributed by atoms with Crippen molar-refractivity contribution in [3.63, 3.8) is 0 Å². The van der Waals surface area contributed by atoms with Gasteiger partial charge in [0.2, 0.25) is 0 Å². The molecule has 1 N–H and O–H groups in total.